The lowest BCUT2D eigenvalue weighted by Crippen LogP contribution is -2.36. The largest absolute Gasteiger partial charge is 0.394 e. The van der Waals surface area contributed by atoms with Crippen molar-refractivity contribution in [2.45, 2.75) is 45.1 Å². The van der Waals surface area contributed by atoms with E-state index in [1.54, 1.807) is 0 Å². The van der Waals surface area contributed by atoms with Crippen LogP contribution in [0.15, 0.2) is 0 Å². The molecule has 1 atom stereocenters. The molecule has 1 fully saturated rings. The third kappa shape index (κ3) is 2.69. The van der Waals surface area contributed by atoms with Crippen molar-refractivity contribution < 1.29 is 9.90 Å². The van der Waals surface area contributed by atoms with E-state index in [2.05, 4.69) is 6.92 Å². The number of hydrogen-bond donors (Lipinski definition) is 1. The standard InChI is InChI=1S/C10H19NO2/c1-2-3-4-7-11-9(8-12)5-6-10(11)13/h9,12H,2-8H2,1H3/t9-/m1/s1. The van der Waals surface area contributed by atoms with Gasteiger partial charge in [-0.2, -0.15) is 0 Å². The number of aliphatic hydroxyl groups excluding tert-OH is 1. The minimum atomic E-state index is 0.101. The Kier molecular flexibility index (Phi) is 4.22. The number of carbonyl (C=O) groups excluding carboxylic acids is 1. The molecule has 1 aliphatic rings. The van der Waals surface area contributed by atoms with Gasteiger partial charge in [-0.25, -0.2) is 0 Å². The molecule has 76 valence electrons. The van der Waals surface area contributed by atoms with Gasteiger partial charge in [0.1, 0.15) is 0 Å². The second-order valence-electron chi connectivity index (χ2n) is 3.67. The predicted molar refractivity (Wildman–Crippen MR) is 51.3 cm³/mol. The van der Waals surface area contributed by atoms with Crippen LogP contribution in [0.3, 0.4) is 0 Å². The van der Waals surface area contributed by atoms with Gasteiger partial charge in [-0.3, -0.25) is 4.79 Å². The summed E-state index contributed by atoms with van der Waals surface area (Å²) in [6.07, 6.45) is 4.87. The first kappa shape index (κ1) is 10.5. The summed E-state index contributed by atoms with van der Waals surface area (Å²) in [5.74, 6) is 0.218. The van der Waals surface area contributed by atoms with Crippen LogP contribution in [0.1, 0.15) is 39.0 Å². The highest BCUT2D eigenvalue weighted by Crippen LogP contribution is 2.18. The number of likely N-dealkylation sites (tertiary alicyclic amines) is 1. The van der Waals surface area contributed by atoms with Crippen LogP contribution >= 0.6 is 0 Å². The van der Waals surface area contributed by atoms with Crippen LogP contribution in [0.25, 0.3) is 0 Å². The smallest absolute Gasteiger partial charge is 0.222 e. The summed E-state index contributed by atoms with van der Waals surface area (Å²) < 4.78 is 0. The summed E-state index contributed by atoms with van der Waals surface area (Å²) in [4.78, 5) is 13.2. The highest BCUT2D eigenvalue weighted by molar-refractivity contribution is 5.78. The summed E-state index contributed by atoms with van der Waals surface area (Å²) in [6.45, 7) is 3.10. The van der Waals surface area contributed by atoms with Gasteiger partial charge in [0.2, 0.25) is 5.91 Å². The van der Waals surface area contributed by atoms with Crippen LogP contribution in [0, 0.1) is 0 Å². The number of rotatable bonds is 5. The van der Waals surface area contributed by atoms with E-state index in [-0.39, 0.29) is 18.6 Å². The fraction of sp³-hybridized carbons (Fsp3) is 0.900. The average molecular weight is 185 g/mol. The monoisotopic (exact) mass is 185 g/mol. The van der Waals surface area contributed by atoms with Crippen molar-refractivity contribution in [2.24, 2.45) is 0 Å². The molecular weight excluding hydrogens is 166 g/mol. The number of unbranched alkanes of at least 4 members (excludes halogenated alkanes) is 2. The maximum Gasteiger partial charge on any atom is 0.222 e. The summed E-state index contributed by atoms with van der Waals surface area (Å²) in [5, 5.41) is 9.02. The molecule has 1 saturated heterocycles. The fourth-order valence-electron chi connectivity index (χ4n) is 1.82. The Bertz CT molecular complexity index is 170. The van der Waals surface area contributed by atoms with Gasteiger partial charge in [0.15, 0.2) is 0 Å². The fourth-order valence-corrected chi connectivity index (χ4v) is 1.82. The summed E-state index contributed by atoms with van der Waals surface area (Å²) in [6, 6.07) is 0.101. The van der Waals surface area contributed by atoms with Gasteiger partial charge in [-0.15, -0.1) is 0 Å². The molecule has 0 bridgehead atoms. The summed E-state index contributed by atoms with van der Waals surface area (Å²) >= 11 is 0. The molecule has 3 heteroatoms. The van der Waals surface area contributed by atoms with Crippen molar-refractivity contribution >= 4 is 5.91 Å². The molecule has 13 heavy (non-hydrogen) atoms. The first-order chi connectivity index (χ1) is 6.29. The van der Waals surface area contributed by atoms with Crippen molar-refractivity contribution in [1.82, 2.24) is 4.90 Å². The van der Waals surface area contributed by atoms with E-state index in [0.717, 1.165) is 19.4 Å². The molecule has 0 radical (unpaired) electrons. The minimum absolute atomic E-state index is 0.101. The number of carbonyl (C=O) groups is 1. The zero-order valence-corrected chi connectivity index (χ0v) is 8.33. The number of aliphatic hydroxyl groups is 1. The number of hydrogen-bond acceptors (Lipinski definition) is 2. The Morgan fingerprint density at radius 2 is 2.31 bits per heavy atom. The maximum atomic E-state index is 11.4. The van der Waals surface area contributed by atoms with Crippen LogP contribution in [-0.2, 0) is 4.79 Å². The molecule has 3 nitrogen and oxygen atoms in total. The van der Waals surface area contributed by atoms with Gasteiger partial charge in [-0.05, 0) is 12.8 Å². The van der Waals surface area contributed by atoms with E-state index in [9.17, 15) is 4.79 Å². The van der Waals surface area contributed by atoms with Crippen LogP contribution < -0.4 is 0 Å². The Labute approximate surface area is 79.7 Å². The van der Waals surface area contributed by atoms with Crippen molar-refractivity contribution in [2.75, 3.05) is 13.2 Å². The normalized spacial score (nSPS) is 22.8. The highest BCUT2D eigenvalue weighted by Gasteiger charge is 2.29. The second kappa shape index (κ2) is 5.22. The lowest BCUT2D eigenvalue weighted by molar-refractivity contribution is -0.129. The third-order valence-electron chi connectivity index (χ3n) is 2.67. The molecule has 0 aromatic rings. The van der Waals surface area contributed by atoms with E-state index < -0.39 is 0 Å². The van der Waals surface area contributed by atoms with Gasteiger partial charge >= 0.3 is 0 Å². The SMILES string of the molecule is CCCCCN1C(=O)CC[C@@H]1CO. The molecule has 0 unspecified atom stereocenters. The number of nitrogens with zero attached hydrogens (tertiary/aromatic N) is 1. The van der Waals surface area contributed by atoms with E-state index >= 15 is 0 Å². The van der Waals surface area contributed by atoms with E-state index in [1.165, 1.54) is 12.8 Å². The Hall–Kier alpha value is -0.570. The van der Waals surface area contributed by atoms with Gasteiger partial charge < -0.3 is 10.0 Å². The Balaban J connectivity index is 2.31. The molecule has 1 rings (SSSR count). The summed E-state index contributed by atoms with van der Waals surface area (Å²) in [7, 11) is 0. The quantitative estimate of drug-likeness (QED) is 0.653. The van der Waals surface area contributed by atoms with E-state index in [1.807, 2.05) is 4.90 Å². The van der Waals surface area contributed by atoms with Crippen LogP contribution in [0.5, 0.6) is 0 Å². The molecule has 1 amide bonds. The van der Waals surface area contributed by atoms with Gasteiger partial charge in [0, 0.05) is 13.0 Å². The molecule has 1 aliphatic heterocycles. The average Bonchev–Trinajstić information content (AvgIpc) is 2.48. The lowest BCUT2D eigenvalue weighted by Gasteiger charge is -2.22. The van der Waals surface area contributed by atoms with Crippen LogP contribution in [0.4, 0.5) is 0 Å². The van der Waals surface area contributed by atoms with E-state index in [4.69, 9.17) is 5.11 Å². The molecule has 0 aromatic carbocycles. The predicted octanol–water partition coefficient (Wildman–Crippen LogP) is 1.16. The summed E-state index contributed by atoms with van der Waals surface area (Å²) in [5.41, 5.74) is 0. The van der Waals surface area contributed by atoms with Gasteiger partial charge in [-0.1, -0.05) is 19.8 Å². The van der Waals surface area contributed by atoms with Crippen molar-refractivity contribution in [3.05, 3.63) is 0 Å². The first-order valence-electron chi connectivity index (χ1n) is 5.20. The van der Waals surface area contributed by atoms with Crippen LogP contribution in [0.2, 0.25) is 0 Å². The molecule has 0 aromatic heterocycles. The lowest BCUT2D eigenvalue weighted by atomic mass is 10.2. The number of amides is 1. The van der Waals surface area contributed by atoms with Crippen molar-refractivity contribution in [1.29, 1.82) is 0 Å². The Morgan fingerprint density at radius 3 is 2.92 bits per heavy atom. The van der Waals surface area contributed by atoms with Gasteiger partial charge in [0.25, 0.3) is 0 Å². The topological polar surface area (TPSA) is 40.5 Å². The molecular formula is C10H19NO2. The first-order valence-corrected chi connectivity index (χ1v) is 5.20. The third-order valence-corrected chi connectivity index (χ3v) is 2.67. The zero-order chi connectivity index (χ0) is 9.68. The molecule has 0 spiro atoms. The van der Waals surface area contributed by atoms with Crippen molar-refractivity contribution in [3.8, 4) is 0 Å². The van der Waals surface area contributed by atoms with Crippen molar-refractivity contribution in [3.63, 3.8) is 0 Å². The molecule has 0 saturated carbocycles. The van der Waals surface area contributed by atoms with Crippen LogP contribution in [-0.4, -0.2) is 35.1 Å². The maximum absolute atomic E-state index is 11.4. The minimum Gasteiger partial charge on any atom is -0.394 e. The highest BCUT2D eigenvalue weighted by atomic mass is 16.3. The van der Waals surface area contributed by atoms with Gasteiger partial charge in [0.05, 0.1) is 12.6 Å². The molecule has 1 heterocycles. The zero-order valence-electron chi connectivity index (χ0n) is 8.33. The second-order valence-corrected chi connectivity index (χ2v) is 3.67. The Morgan fingerprint density at radius 1 is 1.54 bits per heavy atom. The van der Waals surface area contributed by atoms with E-state index in [0.29, 0.717) is 6.42 Å². The molecule has 0 aliphatic carbocycles. The molecule has 1 N–H and O–H groups in total.